The maximum atomic E-state index is 11.1. The number of carboxylic acid groups (broad SMARTS) is 1. The molecule has 1 heterocycles. The van der Waals surface area contributed by atoms with Gasteiger partial charge in [-0.3, -0.25) is 4.79 Å². The number of hydrogen-bond donors (Lipinski definition) is 2. The van der Waals surface area contributed by atoms with Crippen molar-refractivity contribution in [1.82, 2.24) is 9.97 Å². The van der Waals surface area contributed by atoms with Crippen LogP contribution in [0.1, 0.15) is 41.5 Å². The maximum absolute atomic E-state index is 11.1. The molecule has 0 unspecified atom stereocenters. The van der Waals surface area contributed by atoms with Crippen LogP contribution in [0.4, 0.5) is 0 Å². The van der Waals surface area contributed by atoms with Crippen LogP contribution in [0.5, 0.6) is 0 Å². The van der Waals surface area contributed by atoms with Gasteiger partial charge in [-0.25, -0.2) is 9.78 Å². The second-order valence-corrected chi connectivity index (χ2v) is 3.45. The van der Waals surface area contributed by atoms with Gasteiger partial charge in [0.15, 0.2) is 0 Å². The summed E-state index contributed by atoms with van der Waals surface area (Å²) in [5.41, 5.74) is 0.219. The molecule has 1 aromatic rings. The van der Waals surface area contributed by atoms with Gasteiger partial charge in [0.05, 0.1) is 5.69 Å². The van der Waals surface area contributed by atoms with E-state index in [0.29, 0.717) is 5.69 Å². The second-order valence-electron chi connectivity index (χ2n) is 3.45. The van der Waals surface area contributed by atoms with Crippen LogP contribution in [-0.4, -0.2) is 21.0 Å². The molecule has 0 bridgehead atoms. The fourth-order valence-corrected chi connectivity index (χ4v) is 1.49. The number of aromatic carboxylic acids is 1. The van der Waals surface area contributed by atoms with Crippen molar-refractivity contribution in [3.05, 3.63) is 27.9 Å². The fourth-order valence-electron chi connectivity index (χ4n) is 1.49. The molecule has 0 aromatic carbocycles. The minimum absolute atomic E-state index is 0.264. The zero-order valence-electron chi connectivity index (χ0n) is 7.49. The minimum atomic E-state index is -1.19. The van der Waals surface area contributed by atoms with Crippen molar-refractivity contribution in [2.75, 3.05) is 0 Å². The van der Waals surface area contributed by atoms with Crippen LogP contribution in [0.15, 0.2) is 10.9 Å². The molecule has 1 aliphatic rings. The third-order valence-corrected chi connectivity index (χ3v) is 2.49. The Hall–Kier alpha value is -1.65. The molecule has 5 heteroatoms. The van der Waals surface area contributed by atoms with Gasteiger partial charge in [-0.15, -0.1) is 0 Å². The summed E-state index contributed by atoms with van der Waals surface area (Å²) in [6.07, 6.45) is 3.12. The number of nitrogens with one attached hydrogen (secondary N) is 1. The van der Waals surface area contributed by atoms with E-state index in [9.17, 15) is 9.59 Å². The van der Waals surface area contributed by atoms with Crippen molar-refractivity contribution in [2.45, 2.75) is 25.2 Å². The third kappa shape index (κ3) is 1.53. The Kier molecular flexibility index (Phi) is 2.07. The average molecular weight is 194 g/mol. The number of carbonyl (C=O) groups is 1. The molecule has 0 saturated heterocycles. The zero-order chi connectivity index (χ0) is 10.1. The third-order valence-electron chi connectivity index (χ3n) is 2.49. The molecule has 2 rings (SSSR count). The van der Waals surface area contributed by atoms with E-state index in [4.69, 9.17) is 5.11 Å². The Labute approximate surface area is 79.8 Å². The Morgan fingerprint density at radius 3 is 2.79 bits per heavy atom. The first-order chi connectivity index (χ1) is 6.66. The predicted octanol–water partition coefficient (Wildman–Crippen LogP) is 0.736. The smallest absolute Gasteiger partial charge is 0.372 e. The quantitative estimate of drug-likeness (QED) is 0.727. The van der Waals surface area contributed by atoms with Gasteiger partial charge in [0.2, 0.25) is 5.82 Å². The molecule has 2 N–H and O–H groups in total. The maximum Gasteiger partial charge on any atom is 0.372 e. The molecule has 74 valence electrons. The molecule has 0 amide bonds. The number of H-pyrrole nitrogens is 1. The summed E-state index contributed by atoms with van der Waals surface area (Å²) in [7, 11) is 0. The summed E-state index contributed by atoms with van der Waals surface area (Å²) < 4.78 is 0. The standard InChI is InChI=1S/C9H10N2O3/c12-7-4-6(5-2-1-3-5)10-8(11-7)9(13)14/h4-5H,1-3H2,(H,13,14)(H,10,11,12). The number of aromatic nitrogens is 2. The number of hydrogen-bond acceptors (Lipinski definition) is 3. The summed E-state index contributed by atoms with van der Waals surface area (Å²) in [4.78, 5) is 27.8. The van der Waals surface area contributed by atoms with Crippen LogP contribution in [0.25, 0.3) is 0 Å². The molecule has 1 aromatic heterocycles. The lowest BCUT2D eigenvalue weighted by atomic mass is 9.83. The molecule has 0 atom stereocenters. The van der Waals surface area contributed by atoms with Gasteiger partial charge in [0, 0.05) is 12.0 Å². The van der Waals surface area contributed by atoms with Crippen LogP contribution in [0.3, 0.4) is 0 Å². The van der Waals surface area contributed by atoms with E-state index >= 15 is 0 Å². The number of nitrogens with zero attached hydrogens (tertiary/aromatic N) is 1. The molecule has 5 nitrogen and oxygen atoms in total. The van der Waals surface area contributed by atoms with Gasteiger partial charge in [-0.1, -0.05) is 6.42 Å². The molecule has 0 radical (unpaired) electrons. The molecule has 1 saturated carbocycles. The minimum Gasteiger partial charge on any atom is -0.475 e. The Balaban J connectivity index is 2.40. The normalized spacial score (nSPS) is 16.3. The first-order valence-electron chi connectivity index (χ1n) is 4.51. The molecule has 0 aliphatic heterocycles. The highest BCUT2D eigenvalue weighted by Crippen LogP contribution is 2.34. The number of aromatic amines is 1. The first-order valence-corrected chi connectivity index (χ1v) is 4.51. The largest absolute Gasteiger partial charge is 0.475 e. The van der Waals surface area contributed by atoms with Crippen LogP contribution < -0.4 is 5.56 Å². The second kappa shape index (κ2) is 3.25. The predicted molar refractivity (Wildman–Crippen MR) is 48.4 cm³/mol. The van der Waals surface area contributed by atoms with Crippen molar-refractivity contribution in [2.24, 2.45) is 0 Å². The monoisotopic (exact) mass is 194 g/mol. The van der Waals surface area contributed by atoms with Gasteiger partial charge >= 0.3 is 5.97 Å². The average Bonchev–Trinajstić information content (AvgIpc) is 1.99. The van der Waals surface area contributed by atoms with Gasteiger partial charge in [0.25, 0.3) is 5.56 Å². The Morgan fingerprint density at radius 1 is 1.57 bits per heavy atom. The van der Waals surface area contributed by atoms with Crippen molar-refractivity contribution in [3.8, 4) is 0 Å². The summed E-state index contributed by atoms with van der Waals surface area (Å²) in [6.45, 7) is 0. The van der Waals surface area contributed by atoms with Crippen molar-refractivity contribution >= 4 is 5.97 Å². The fraction of sp³-hybridized carbons (Fsp3) is 0.444. The summed E-state index contributed by atoms with van der Waals surface area (Å²) in [5, 5.41) is 8.67. The van der Waals surface area contributed by atoms with Crippen molar-refractivity contribution in [1.29, 1.82) is 0 Å². The Bertz CT molecular complexity index is 420. The lowest BCUT2D eigenvalue weighted by molar-refractivity contribution is 0.0682. The van der Waals surface area contributed by atoms with E-state index in [2.05, 4.69) is 9.97 Å². The van der Waals surface area contributed by atoms with Gasteiger partial charge in [-0.2, -0.15) is 0 Å². The topological polar surface area (TPSA) is 83.0 Å². The molecule has 1 fully saturated rings. The zero-order valence-corrected chi connectivity index (χ0v) is 7.49. The summed E-state index contributed by atoms with van der Waals surface area (Å²) in [5.74, 6) is -1.18. The molecule has 14 heavy (non-hydrogen) atoms. The highest BCUT2D eigenvalue weighted by Gasteiger charge is 2.22. The van der Waals surface area contributed by atoms with E-state index < -0.39 is 5.97 Å². The van der Waals surface area contributed by atoms with Crippen LogP contribution in [0, 0.1) is 0 Å². The van der Waals surface area contributed by atoms with Crippen LogP contribution in [0.2, 0.25) is 0 Å². The van der Waals surface area contributed by atoms with Crippen molar-refractivity contribution < 1.29 is 9.90 Å². The van der Waals surface area contributed by atoms with Gasteiger partial charge in [-0.05, 0) is 12.8 Å². The lowest BCUT2D eigenvalue weighted by Crippen LogP contribution is -2.20. The lowest BCUT2D eigenvalue weighted by Gasteiger charge is -2.24. The summed E-state index contributed by atoms with van der Waals surface area (Å²) >= 11 is 0. The number of carboxylic acids is 1. The van der Waals surface area contributed by atoms with Crippen molar-refractivity contribution in [3.63, 3.8) is 0 Å². The molecule has 0 spiro atoms. The van der Waals surface area contributed by atoms with Crippen LogP contribution >= 0.6 is 0 Å². The summed E-state index contributed by atoms with van der Waals surface area (Å²) in [6, 6.07) is 1.39. The first kappa shape index (κ1) is 8.93. The Morgan fingerprint density at radius 2 is 2.29 bits per heavy atom. The molecule has 1 aliphatic carbocycles. The number of rotatable bonds is 2. The van der Waals surface area contributed by atoms with E-state index in [0.717, 1.165) is 19.3 Å². The van der Waals surface area contributed by atoms with Gasteiger partial charge in [0.1, 0.15) is 0 Å². The van der Waals surface area contributed by atoms with Crippen LogP contribution in [-0.2, 0) is 0 Å². The molecular weight excluding hydrogens is 184 g/mol. The molecular formula is C9H10N2O3. The van der Waals surface area contributed by atoms with Gasteiger partial charge < -0.3 is 10.1 Å². The van der Waals surface area contributed by atoms with E-state index in [-0.39, 0.29) is 17.3 Å². The van der Waals surface area contributed by atoms with E-state index in [1.165, 1.54) is 6.07 Å². The highest BCUT2D eigenvalue weighted by molar-refractivity contribution is 5.82. The van der Waals surface area contributed by atoms with E-state index in [1.54, 1.807) is 0 Å². The SMILES string of the molecule is O=C(O)c1nc(C2CCC2)cc(=O)[nH]1. The van der Waals surface area contributed by atoms with E-state index in [1.807, 2.05) is 0 Å². The highest BCUT2D eigenvalue weighted by atomic mass is 16.4.